The molecular weight excluding hydrogens is 322 g/mol. The lowest BCUT2D eigenvalue weighted by Crippen LogP contribution is -2.27. The number of carbonyl (C=O) groups excluding carboxylic acids is 1. The van der Waals surface area contributed by atoms with Crippen LogP contribution in [0, 0.1) is 0 Å². The van der Waals surface area contributed by atoms with Gasteiger partial charge in [-0.05, 0) is 43.7 Å². The maximum absolute atomic E-state index is 12.4. The van der Waals surface area contributed by atoms with Crippen molar-refractivity contribution in [3.63, 3.8) is 0 Å². The highest BCUT2D eigenvalue weighted by Crippen LogP contribution is 2.19. The van der Waals surface area contributed by atoms with Gasteiger partial charge < -0.3 is 0 Å². The summed E-state index contributed by atoms with van der Waals surface area (Å²) in [5, 5.41) is 0.591. The molecule has 2 rings (SSSR count). The molecule has 0 spiro atoms. The molecule has 0 unspecified atom stereocenters. The zero-order valence-electron chi connectivity index (χ0n) is 12.2. The van der Waals surface area contributed by atoms with Gasteiger partial charge in [0, 0.05) is 16.6 Å². The van der Waals surface area contributed by atoms with Gasteiger partial charge in [0.05, 0.1) is 4.90 Å². The molecule has 4 nitrogen and oxygen atoms in total. The molecule has 6 heteroatoms. The molecule has 22 heavy (non-hydrogen) atoms. The molecule has 116 valence electrons. The molecule has 0 bridgehead atoms. The Morgan fingerprint density at radius 1 is 1.14 bits per heavy atom. The van der Waals surface area contributed by atoms with Gasteiger partial charge in [-0.1, -0.05) is 35.9 Å². The first-order valence-electron chi connectivity index (χ1n) is 6.68. The van der Waals surface area contributed by atoms with E-state index >= 15 is 0 Å². The Balaban J connectivity index is 2.25. The largest absolute Gasteiger partial charge is 0.295 e. The van der Waals surface area contributed by atoms with Crippen LogP contribution >= 0.6 is 11.6 Å². The molecule has 0 heterocycles. The van der Waals surface area contributed by atoms with Gasteiger partial charge >= 0.3 is 0 Å². The lowest BCUT2D eigenvalue weighted by atomic mass is 10.1. The number of sulfonamides is 1. The van der Waals surface area contributed by atoms with Crippen LogP contribution in [-0.4, -0.2) is 14.2 Å². The predicted octanol–water partition coefficient (Wildman–Crippen LogP) is 3.58. The third-order valence-corrected chi connectivity index (χ3v) is 5.04. The number of benzene rings is 2. The maximum atomic E-state index is 12.4. The Morgan fingerprint density at radius 2 is 1.77 bits per heavy atom. The molecule has 1 atom stereocenters. The fourth-order valence-corrected chi connectivity index (χ4v) is 3.41. The SMILES string of the molecule is CC(=O)c1cccc(S(=O)(=O)N[C@H](C)c2ccc(Cl)cc2)c1. The average Bonchev–Trinajstić information content (AvgIpc) is 2.47. The summed E-state index contributed by atoms with van der Waals surface area (Å²) in [6.07, 6.45) is 0. The first-order valence-corrected chi connectivity index (χ1v) is 8.54. The van der Waals surface area contributed by atoms with Crippen molar-refractivity contribution in [2.45, 2.75) is 24.8 Å². The van der Waals surface area contributed by atoms with Crippen LogP contribution in [0.5, 0.6) is 0 Å². The van der Waals surface area contributed by atoms with Gasteiger partial charge in [0.15, 0.2) is 5.78 Å². The lowest BCUT2D eigenvalue weighted by Gasteiger charge is -2.15. The van der Waals surface area contributed by atoms with Gasteiger partial charge in [0.1, 0.15) is 0 Å². The second kappa shape index (κ2) is 6.60. The monoisotopic (exact) mass is 337 g/mol. The molecule has 0 radical (unpaired) electrons. The molecule has 0 saturated carbocycles. The van der Waals surface area contributed by atoms with E-state index < -0.39 is 16.1 Å². The number of Topliss-reactive ketones (excluding diaryl/α,β-unsaturated/α-hetero) is 1. The molecule has 0 saturated heterocycles. The van der Waals surface area contributed by atoms with Crippen molar-refractivity contribution in [3.05, 3.63) is 64.7 Å². The summed E-state index contributed by atoms with van der Waals surface area (Å²) >= 11 is 5.82. The Kier molecular flexibility index (Phi) is 5.01. The van der Waals surface area contributed by atoms with E-state index in [4.69, 9.17) is 11.6 Å². The third kappa shape index (κ3) is 3.94. The molecule has 0 aliphatic heterocycles. The van der Waals surface area contributed by atoms with Crippen molar-refractivity contribution in [1.29, 1.82) is 0 Å². The van der Waals surface area contributed by atoms with Crippen LogP contribution in [0.4, 0.5) is 0 Å². The molecular formula is C16H16ClNO3S. The number of nitrogens with one attached hydrogen (secondary N) is 1. The van der Waals surface area contributed by atoms with E-state index in [0.29, 0.717) is 10.6 Å². The Labute approximate surface area is 135 Å². The number of hydrogen-bond donors (Lipinski definition) is 1. The van der Waals surface area contributed by atoms with E-state index in [1.165, 1.54) is 19.1 Å². The highest BCUT2D eigenvalue weighted by molar-refractivity contribution is 7.89. The van der Waals surface area contributed by atoms with Crippen molar-refractivity contribution in [2.75, 3.05) is 0 Å². The van der Waals surface area contributed by atoms with E-state index in [1.807, 2.05) is 0 Å². The third-order valence-electron chi connectivity index (χ3n) is 3.25. The van der Waals surface area contributed by atoms with Crippen LogP contribution in [0.1, 0.15) is 35.8 Å². The molecule has 2 aromatic rings. The van der Waals surface area contributed by atoms with Crippen LogP contribution in [0.2, 0.25) is 5.02 Å². The second-order valence-electron chi connectivity index (χ2n) is 4.98. The van der Waals surface area contributed by atoms with E-state index in [9.17, 15) is 13.2 Å². The highest BCUT2D eigenvalue weighted by Gasteiger charge is 2.19. The summed E-state index contributed by atoms with van der Waals surface area (Å²) in [6.45, 7) is 3.14. The van der Waals surface area contributed by atoms with Crippen LogP contribution < -0.4 is 4.72 Å². The van der Waals surface area contributed by atoms with Gasteiger partial charge in [-0.2, -0.15) is 0 Å². The quantitative estimate of drug-likeness (QED) is 0.848. The van der Waals surface area contributed by atoms with Gasteiger partial charge in [-0.3, -0.25) is 4.79 Å². The minimum Gasteiger partial charge on any atom is -0.295 e. The smallest absolute Gasteiger partial charge is 0.241 e. The van der Waals surface area contributed by atoms with Crippen molar-refractivity contribution < 1.29 is 13.2 Å². The predicted molar refractivity (Wildman–Crippen MR) is 86.6 cm³/mol. The van der Waals surface area contributed by atoms with E-state index in [2.05, 4.69) is 4.72 Å². The van der Waals surface area contributed by atoms with Crippen molar-refractivity contribution >= 4 is 27.4 Å². The van der Waals surface area contributed by atoms with Gasteiger partial charge in [-0.25, -0.2) is 13.1 Å². The lowest BCUT2D eigenvalue weighted by molar-refractivity contribution is 0.101. The van der Waals surface area contributed by atoms with Gasteiger partial charge in [0.2, 0.25) is 10.0 Å². The fourth-order valence-electron chi connectivity index (χ4n) is 2.00. The van der Waals surface area contributed by atoms with E-state index in [-0.39, 0.29) is 10.7 Å². The standard InChI is InChI=1S/C16H16ClNO3S/c1-11(13-6-8-15(17)9-7-13)18-22(20,21)16-5-3-4-14(10-16)12(2)19/h3-11,18H,1-2H3/t11-/m1/s1. The van der Waals surface area contributed by atoms with Crippen LogP contribution in [0.25, 0.3) is 0 Å². The first kappa shape index (κ1) is 16.7. The highest BCUT2D eigenvalue weighted by atomic mass is 35.5. The van der Waals surface area contributed by atoms with Crippen molar-refractivity contribution in [1.82, 2.24) is 4.72 Å². The fraction of sp³-hybridized carbons (Fsp3) is 0.188. The summed E-state index contributed by atoms with van der Waals surface area (Å²) in [4.78, 5) is 11.4. The molecule has 0 amide bonds. The van der Waals surface area contributed by atoms with Crippen LogP contribution in [0.3, 0.4) is 0 Å². The van der Waals surface area contributed by atoms with Crippen LogP contribution in [0.15, 0.2) is 53.4 Å². The minimum absolute atomic E-state index is 0.0704. The summed E-state index contributed by atoms with van der Waals surface area (Å²) in [5.41, 5.74) is 1.16. The molecule has 1 N–H and O–H groups in total. The Bertz CT molecular complexity index is 785. The summed E-state index contributed by atoms with van der Waals surface area (Å²) < 4.78 is 27.4. The van der Waals surface area contributed by atoms with Crippen molar-refractivity contribution in [2.24, 2.45) is 0 Å². The Morgan fingerprint density at radius 3 is 2.36 bits per heavy atom. The first-order chi connectivity index (χ1) is 10.3. The number of carbonyl (C=O) groups is 1. The van der Waals surface area contributed by atoms with Crippen molar-refractivity contribution in [3.8, 4) is 0 Å². The molecule has 2 aromatic carbocycles. The average molecular weight is 338 g/mol. The normalized spacial score (nSPS) is 12.9. The summed E-state index contributed by atoms with van der Waals surface area (Å²) in [5.74, 6) is -0.178. The Hall–Kier alpha value is -1.69. The second-order valence-corrected chi connectivity index (χ2v) is 7.13. The molecule has 0 fully saturated rings. The van der Waals surface area contributed by atoms with Crippen LogP contribution in [-0.2, 0) is 10.0 Å². The molecule has 0 aliphatic carbocycles. The van der Waals surface area contributed by atoms with Gasteiger partial charge in [-0.15, -0.1) is 0 Å². The van der Waals surface area contributed by atoms with Gasteiger partial charge in [0.25, 0.3) is 0 Å². The molecule has 0 aliphatic rings. The topological polar surface area (TPSA) is 63.2 Å². The zero-order valence-corrected chi connectivity index (χ0v) is 13.8. The number of rotatable bonds is 5. The number of ketones is 1. The number of hydrogen-bond acceptors (Lipinski definition) is 3. The van der Waals surface area contributed by atoms with E-state index in [1.54, 1.807) is 43.3 Å². The number of halogens is 1. The maximum Gasteiger partial charge on any atom is 0.241 e. The minimum atomic E-state index is -3.71. The molecule has 0 aromatic heterocycles. The summed E-state index contributed by atoms with van der Waals surface area (Å²) in [6, 6.07) is 12.5. The zero-order chi connectivity index (χ0) is 16.3. The summed E-state index contributed by atoms with van der Waals surface area (Å²) in [7, 11) is -3.71. The van der Waals surface area contributed by atoms with E-state index in [0.717, 1.165) is 5.56 Å².